The summed E-state index contributed by atoms with van der Waals surface area (Å²) in [5.41, 5.74) is 7.20. The van der Waals surface area contributed by atoms with Crippen molar-refractivity contribution >= 4 is 17.4 Å². The smallest absolute Gasteiger partial charge is 0.269 e. The molecule has 7 nitrogen and oxygen atoms in total. The third kappa shape index (κ3) is 5.58. The zero-order valence-electron chi connectivity index (χ0n) is 13.6. The average molecular weight is 339 g/mol. The van der Waals surface area contributed by atoms with Gasteiger partial charge in [0.2, 0.25) is 5.91 Å². The molecule has 0 heterocycles. The highest BCUT2D eigenvalue weighted by Gasteiger charge is 2.06. The fourth-order valence-electron chi connectivity index (χ4n) is 2.02. The molecule has 0 spiro atoms. The molecule has 0 atom stereocenters. The Balaban J connectivity index is 1.78. The van der Waals surface area contributed by atoms with Gasteiger partial charge in [-0.3, -0.25) is 25.1 Å². The van der Waals surface area contributed by atoms with Crippen molar-refractivity contribution in [1.82, 2.24) is 10.9 Å². The summed E-state index contributed by atoms with van der Waals surface area (Å²) in [5, 5.41) is 10.6. The van der Waals surface area contributed by atoms with Crippen LogP contribution in [-0.2, 0) is 11.2 Å². The fraction of sp³-hybridized carbons (Fsp3) is 0.111. The first-order chi connectivity index (χ1) is 12.0. The van der Waals surface area contributed by atoms with E-state index in [1.165, 1.54) is 36.5 Å². The second-order valence-corrected chi connectivity index (χ2v) is 5.36. The molecule has 7 heteroatoms. The number of ketones is 1. The molecule has 2 aromatic carbocycles. The van der Waals surface area contributed by atoms with Crippen LogP contribution in [0.5, 0.6) is 0 Å². The van der Waals surface area contributed by atoms with E-state index in [0.717, 1.165) is 5.56 Å². The van der Waals surface area contributed by atoms with Crippen molar-refractivity contribution in [2.45, 2.75) is 13.3 Å². The minimum atomic E-state index is -0.499. The Morgan fingerprint density at radius 2 is 1.72 bits per heavy atom. The lowest BCUT2D eigenvalue weighted by Crippen LogP contribution is -2.34. The summed E-state index contributed by atoms with van der Waals surface area (Å²) in [6, 6.07) is 12.9. The molecule has 0 saturated heterocycles. The minimum absolute atomic E-state index is 0.0279. The maximum Gasteiger partial charge on any atom is 0.269 e. The summed E-state index contributed by atoms with van der Waals surface area (Å²) in [6.07, 6.45) is 2.72. The van der Waals surface area contributed by atoms with Crippen LogP contribution in [0, 0.1) is 17.0 Å². The minimum Gasteiger partial charge on any atom is -0.306 e. The number of aryl methyl sites for hydroxylation is 1. The van der Waals surface area contributed by atoms with E-state index in [1.54, 1.807) is 12.1 Å². The summed E-state index contributed by atoms with van der Waals surface area (Å²) >= 11 is 0. The van der Waals surface area contributed by atoms with Gasteiger partial charge in [-0.25, -0.2) is 0 Å². The van der Waals surface area contributed by atoms with E-state index in [2.05, 4.69) is 10.9 Å². The van der Waals surface area contributed by atoms with E-state index in [-0.39, 0.29) is 23.8 Å². The van der Waals surface area contributed by atoms with E-state index < -0.39 is 4.92 Å². The molecule has 0 fully saturated rings. The van der Waals surface area contributed by atoms with Gasteiger partial charge >= 0.3 is 0 Å². The predicted molar refractivity (Wildman–Crippen MR) is 92.7 cm³/mol. The molecule has 2 aromatic rings. The van der Waals surface area contributed by atoms with Crippen LogP contribution in [-0.4, -0.2) is 16.6 Å². The number of carbonyl (C=O) groups is 2. The van der Waals surface area contributed by atoms with Gasteiger partial charge in [0, 0.05) is 30.0 Å². The van der Waals surface area contributed by atoms with Crippen LogP contribution in [0.15, 0.2) is 60.8 Å². The molecule has 2 rings (SSSR count). The summed E-state index contributed by atoms with van der Waals surface area (Å²) in [7, 11) is 0. The average Bonchev–Trinajstić information content (AvgIpc) is 2.59. The summed E-state index contributed by atoms with van der Waals surface area (Å²) in [4.78, 5) is 33.7. The van der Waals surface area contributed by atoms with Crippen molar-refractivity contribution in [2.24, 2.45) is 0 Å². The topological polar surface area (TPSA) is 101 Å². The first-order valence-electron chi connectivity index (χ1n) is 7.51. The van der Waals surface area contributed by atoms with Crippen molar-refractivity contribution in [3.63, 3.8) is 0 Å². The summed E-state index contributed by atoms with van der Waals surface area (Å²) in [5.74, 6) is -0.515. The van der Waals surface area contributed by atoms with E-state index in [1.807, 2.05) is 19.1 Å². The van der Waals surface area contributed by atoms with Gasteiger partial charge in [-0.15, -0.1) is 0 Å². The number of allylic oxidation sites excluding steroid dienone is 1. The molecular weight excluding hydrogens is 322 g/mol. The standard InChI is InChI=1S/C18H17N3O4/c1-13-2-6-15(7-3-13)17(22)10-11-19-20-18(23)12-14-4-8-16(9-5-14)21(24)25/h2-11,19H,12H2,1H3,(H,20,23)/b11-10-. The monoisotopic (exact) mass is 339 g/mol. The van der Waals surface area contributed by atoms with Crippen molar-refractivity contribution in [3.8, 4) is 0 Å². The number of amides is 1. The van der Waals surface area contributed by atoms with E-state index in [9.17, 15) is 19.7 Å². The lowest BCUT2D eigenvalue weighted by Gasteiger charge is -2.04. The molecule has 0 aliphatic heterocycles. The fourth-order valence-corrected chi connectivity index (χ4v) is 2.02. The van der Waals surface area contributed by atoms with Gasteiger partial charge in [-0.1, -0.05) is 42.0 Å². The molecular formula is C18H17N3O4. The number of nitrogens with one attached hydrogen (secondary N) is 2. The third-order valence-electron chi connectivity index (χ3n) is 3.38. The Morgan fingerprint density at radius 3 is 2.32 bits per heavy atom. The molecule has 0 aliphatic carbocycles. The molecule has 0 aromatic heterocycles. The Morgan fingerprint density at radius 1 is 1.08 bits per heavy atom. The van der Waals surface area contributed by atoms with Crippen LogP contribution in [0.3, 0.4) is 0 Å². The quantitative estimate of drug-likeness (QED) is 0.349. The Bertz CT molecular complexity index is 796. The van der Waals surface area contributed by atoms with E-state index in [0.29, 0.717) is 11.1 Å². The van der Waals surface area contributed by atoms with Crippen LogP contribution in [0.4, 0.5) is 5.69 Å². The van der Waals surface area contributed by atoms with Crippen molar-refractivity contribution in [1.29, 1.82) is 0 Å². The number of rotatable bonds is 7. The zero-order valence-corrected chi connectivity index (χ0v) is 13.6. The van der Waals surface area contributed by atoms with Crippen LogP contribution < -0.4 is 10.9 Å². The highest BCUT2D eigenvalue weighted by atomic mass is 16.6. The van der Waals surface area contributed by atoms with Gasteiger partial charge in [-0.05, 0) is 12.5 Å². The van der Waals surface area contributed by atoms with Crippen LogP contribution in [0.2, 0.25) is 0 Å². The first-order valence-corrected chi connectivity index (χ1v) is 7.51. The molecule has 2 N–H and O–H groups in total. The van der Waals surface area contributed by atoms with Gasteiger partial charge in [0.25, 0.3) is 5.69 Å². The highest BCUT2D eigenvalue weighted by molar-refractivity contribution is 6.04. The number of hydrogen-bond donors (Lipinski definition) is 2. The molecule has 0 unspecified atom stereocenters. The van der Waals surface area contributed by atoms with Crippen LogP contribution in [0.25, 0.3) is 0 Å². The number of hydrogen-bond acceptors (Lipinski definition) is 5. The highest BCUT2D eigenvalue weighted by Crippen LogP contribution is 2.12. The van der Waals surface area contributed by atoms with Crippen molar-refractivity contribution in [2.75, 3.05) is 0 Å². The maximum absolute atomic E-state index is 11.9. The molecule has 0 aliphatic rings. The molecule has 0 saturated carbocycles. The van der Waals surface area contributed by atoms with E-state index in [4.69, 9.17) is 0 Å². The normalized spacial score (nSPS) is 10.4. The number of carbonyl (C=O) groups excluding carboxylic acids is 2. The molecule has 25 heavy (non-hydrogen) atoms. The lowest BCUT2D eigenvalue weighted by atomic mass is 10.1. The zero-order chi connectivity index (χ0) is 18.2. The number of nitro benzene ring substituents is 1. The third-order valence-corrected chi connectivity index (χ3v) is 3.38. The first kappa shape index (κ1) is 17.9. The number of hydrazine groups is 1. The summed E-state index contributed by atoms with van der Waals surface area (Å²) < 4.78 is 0. The van der Waals surface area contributed by atoms with Gasteiger partial charge < -0.3 is 5.43 Å². The van der Waals surface area contributed by atoms with Gasteiger partial charge in [0.05, 0.1) is 11.3 Å². The largest absolute Gasteiger partial charge is 0.306 e. The Hall–Kier alpha value is -3.48. The second-order valence-electron chi connectivity index (χ2n) is 5.36. The summed E-state index contributed by atoms with van der Waals surface area (Å²) in [6.45, 7) is 1.94. The molecule has 0 radical (unpaired) electrons. The number of benzene rings is 2. The molecule has 1 amide bonds. The van der Waals surface area contributed by atoms with Crippen LogP contribution in [0.1, 0.15) is 21.5 Å². The lowest BCUT2D eigenvalue weighted by molar-refractivity contribution is -0.384. The van der Waals surface area contributed by atoms with Crippen molar-refractivity contribution in [3.05, 3.63) is 87.6 Å². The Labute approximate surface area is 144 Å². The van der Waals surface area contributed by atoms with Crippen LogP contribution >= 0.6 is 0 Å². The second kappa shape index (κ2) is 8.39. The molecule has 128 valence electrons. The molecule has 0 bridgehead atoms. The number of nitro groups is 1. The SMILES string of the molecule is Cc1ccc(C(=O)/C=C\NNC(=O)Cc2ccc([N+](=O)[O-])cc2)cc1. The van der Waals surface area contributed by atoms with Gasteiger partial charge in [-0.2, -0.15) is 0 Å². The maximum atomic E-state index is 11.9. The van der Waals surface area contributed by atoms with Crippen molar-refractivity contribution < 1.29 is 14.5 Å². The predicted octanol–water partition coefficient (Wildman–Crippen LogP) is 2.46. The van der Waals surface area contributed by atoms with E-state index >= 15 is 0 Å². The number of nitrogens with zero attached hydrogens (tertiary/aromatic N) is 1. The Kier molecular flexibility index (Phi) is 6.00. The van der Waals surface area contributed by atoms with Gasteiger partial charge in [0.15, 0.2) is 5.78 Å². The number of non-ortho nitro benzene ring substituents is 1. The van der Waals surface area contributed by atoms with Gasteiger partial charge in [0.1, 0.15) is 0 Å².